The molecule has 0 unspecified atom stereocenters. The van der Waals surface area contributed by atoms with Crippen molar-refractivity contribution in [1.82, 2.24) is 0 Å². The monoisotopic (exact) mass is 440 g/mol. The maximum atomic E-state index is 5.90. The second kappa shape index (κ2) is 18.0. The van der Waals surface area contributed by atoms with Gasteiger partial charge in [-0.05, 0) is 29.7 Å². The van der Waals surface area contributed by atoms with Gasteiger partial charge >= 0.3 is 0 Å². The zero-order chi connectivity index (χ0) is 22.7. The van der Waals surface area contributed by atoms with E-state index < -0.39 is 0 Å². The number of rotatable bonds is 19. The summed E-state index contributed by atoms with van der Waals surface area (Å²) in [6, 6.07) is 6.32. The van der Waals surface area contributed by atoms with Gasteiger partial charge in [0, 0.05) is 12.2 Å². The van der Waals surface area contributed by atoms with Crippen molar-refractivity contribution in [1.29, 1.82) is 0 Å². The maximum Gasteiger partial charge on any atom is 0.127 e. The Bertz CT molecular complexity index is 646. The van der Waals surface area contributed by atoms with E-state index in [4.69, 9.17) is 9.47 Å². The van der Waals surface area contributed by atoms with Crippen molar-refractivity contribution in [2.75, 3.05) is 13.2 Å². The first-order chi connectivity index (χ1) is 15.8. The molecule has 0 aliphatic carbocycles. The molecule has 0 saturated heterocycles. The molecule has 2 rings (SSSR count). The minimum absolute atomic E-state index is 0.568. The van der Waals surface area contributed by atoms with E-state index in [0.717, 1.165) is 23.5 Å². The zero-order valence-corrected chi connectivity index (χ0v) is 20.8. The van der Waals surface area contributed by atoms with E-state index in [-0.39, 0.29) is 0 Å². The van der Waals surface area contributed by atoms with E-state index >= 15 is 0 Å². The quantitative estimate of drug-likeness (QED) is 0.199. The van der Waals surface area contributed by atoms with Crippen LogP contribution in [0.3, 0.4) is 0 Å². The SMILES string of the molecule is C=C1C=Cc2cc(COCCCCCCCCCCCCCCCCCC)ccc2OC1. The molecule has 0 amide bonds. The fraction of sp³-hybridized carbons (Fsp3) is 0.667. The van der Waals surface area contributed by atoms with Gasteiger partial charge in [0.25, 0.3) is 0 Å². The first-order valence-corrected chi connectivity index (χ1v) is 13.5. The summed E-state index contributed by atoms with van der Waals surface area (Å²) in [4.78, 5) is 0. The number of fused-ring (bicyclic) bond motifs is 1. The summed E-state index contributed by atoms with van der Waals surface area (Å²) in [7, 11) is 0. The Labute approximate surface area is 198 Å². The first-order valence-electron chi connectivity index (χ1n) is 13.5. The molecule has 1 aliphatic rings. The number of ether oxygens (including phenoxy) is 2. The average Bonchev–Trinajstić information content (AvgIpc) is 2.99. The van der Waals surface area contributed by atoms with E-state index in [1.54, 1.807) is 0 Å². The third kappa shape index (κ3) is 12.5. The molecule has 2 heteroatoms. The van der Waals surface area contributed by atoms with E-state index in [1.807, 2.05) is 12.1 Å². The van der Waals surface area contributed by atoms with Crippen molar-refractivity contribution in [3.63, 3.8) is 0 Å². The Morgan fingerprint density at radius 2 is 1.31 bits per heavy atom. The molecular weight excluding hydrogens is 392 g/mol. The Kier molecular flexibility index (Phi) is 15.0. The van der Waals surface area contributed by atoms with Gasteiger partial charge in [-0.3, -0.25) is 0 Å². The van der Waals surface area contributed by atoms with Crippen molar-refractivity contribution >= 4 is 6.08 Å². The second-order valence-corrected chi connectivity index (χ2v) is 9.51. The maximum absolute atomic E-state index is 5.90. The summed E-state index contributed by atoms with van der Waals surface area (Å²) in [6.07, 6.45) is 26.6. The number of benzene rings is 1. The van der Waals surface area contributed by atoms with Gasteiger partial charge in [-0.1, -0.05) is 128 Å². The molecule has 0 atom stereocenters. The van der Waals surface area contributed by atoms with E-state index in [9.17, 15) is 0 Å². The second-order valence-electron chi connectivity index (χ2n) is 9.51. The zero-order valence-electron chi connectivity index (χ0n) is 20.8. The van der Waals surface area contributed by atoms with Gasteiger partial charge in [0.05, 0.1) is 6.61 Å². The minimum Gasteiger partial charge on any atom is -0.488 e. The summed E-state index contributed by atoms with van der Waals surface area (Å²) < 4.78 is 11.7. The minimum atomic E-state index is 0.568. The predicted molar refractivity (Wildman–Crippen MR) is 139 cm³/mol. The van der Waals surface area contributed by atoms with Crippen molar-refractivity contribution in [2.45, 2.75) is 116 Å². The lowest BCUT2D eigenvalue weighted by atomic mass is 10.0. The third-order valence-corrected chi connectivity index (χ3v) is 6.40. The smallest absolute Gasteiger partial charge is 0.127 e. The van der Waals surface area contributed by atoms with E-state index in [0.29, 0.717) is 13.2 Å². The van der Waals surface area contributed by atoms with Crippen LogP contribution in [-0.2, 0) is 11.3 Å². The molecule has 32 heavy (non-hydrogen) atoms. The predicted octanol–water partition coefficient (Wildman–Crippen LogP) is 9.43. The van der Waals surface area contributed by atoms with Crippen LogP contribution in [0.25, 0.3) is 6.08 Å². The Balaban J connectivity index is 1.35. The van der Waals surface area contributed by atoms with Crippen LogP contribution < -0.4 is 4.74 Å². The highest BCUT2D eigenvalue weighted by atomic mass is 16.5. The summed E-state index contributed by atoms with van der Waals surface area (Å²) >= 11 is 0. The lowest BCUT2D eigenvalue weighted by Gasteiger charge is -2.09. The number of hydrogen-bond donors (Lipinski definition) is 0. The molecule has 180 valence electrons. The first kappa shape index (κ1) is 26.7. The summed E-state index contributed by atoms with van der Waals surface area (Å²) in [5.41, 5.74) is 3.33. The normalized spacial score (nSPS) is 13.1. The largest absolute Gasteiger partial charge is 0.488 e. The molecule has 1 aromatic rings. The molecule has 0 aromatic heterocycles. The van der Waals surface area contributed by atoms with Crippen LogP contribution in [0, 0.1) is 0 Å². The summed E-state index contributed by atoms with van der Waals surface area (Å²) in [5.74, 6) is 0.932. The summed E-state index contributed by atoms with van der Waals surface area (Å²) in [5, 5.41) is 0. The van der Waals surface area contributed by atoms with E-state index in [2.05, 4.69) is 31.7 Å². The van der Waals surface area contributed by atoms with Gasteiger partial charge in [0.1, 0.15) is 12.4 Å². The van der Waals surface area contributed by atoms with Crippen LogP contribution in [0.5, 0.6) is 5.75 Å². The lowest BCUT2D eigenvalue weighted by molar-refractivity contribution is 0.116. The average molecular weight is 441 g/mol. The molecule has 1 aromatic carbocycles. The van der Waals surface area contributed by atoms with Crippen LogP contribution in [0.15, 0.2) is 36.4 Å². The van der Waals surface area contributed by atoms with Gasteiger partial charge < -0.3 is 9.47 Å². The standard InChI is InChI=1S/C30H48O2/c1-3-4-5-6-7-8-9-10-11-12-13-14-15-16-17-18-23-31-26-28-20-22-30-29(24-28)21-19-27(2)25-32-30/h19-22,24H,2-18,23,25-26H2,1H3. The molecule has 0 saturated carbocycles. The third-order valence-electron chi connectivity index (χ3n) is 6.40. The highest BCUT2D eigenvalue weighted by Gasteiger charge is 2.07. The van der Waals surface area contributed by atoms with Crippen molar-refractivity contribution in [3.8, 4) is 5.75 Å². The van der Waals surface area contributed by atoms with Gasteiger partial charge in [-0.2, -0.15) is 0 Å². The van der Waals surface area contributed by atoms with Crippen molar-refractivity contribution < 1.29 is 9.47 Å². The molecular formula is C30H48O2. The summed E-state index contributed by atoms with van der Waals surface area (Å²) in [6.45, 7) is 8.37. The molecule has 2 nitrogen and oxygen atoms in total. The van der Waals surface area contributed by atoms with E-state index in [1.165, 1.54) is 108 Å². The molecule has 0 fully saturated rings. The number of hydrogen-bond acceptors (Lipinski definition) is 2. The molecule has 0 radical (unpaired) electrons. The van der Waals surface area contributed by atoms with Crippen LogP contribution in [0.4, 0.5) is 0 Å². The highest BCUT2D eigenvalue weighted by molar-refractivity contribution is 5.61. The molecule has 1 heterocycles. The van der Waals surface area contributed by atoms with Crippen molar-refractivity contribution in [2.24, 2.45) is 0 Å². The fourth-order valence-corrected chi connectivity index (χ4v) is 4.32. The van der Waals surface area contributed by atoms with Gasteiger partial charge in [0.2, 0.25) is 0 Å². The molecule has 0 bridgehead atoms. The van der Waals surface area contributed by atoms with Crippen LogP contribution in [0.1, 0.15) is 121 Å². The Morgan fingerprint density at radius 3 is 1.91 bits per heavy atom. The van der Waals surface area contributed by atoms with Crippen LogP contribution >= 0.6 is 0 Å². The lowest BCUT2D eigenvalue weighted by Crippen LogP contribution is -1.99. The molecule has 0 N–H and O–H groups in total. The Hall–Kier alpha value is -1.54. The number of unbranched alkanes of at least 4 members (excludes halogenated alkanes) is 15. The highest BCUT2D eigenvalue weighted by Crippen LogP contribution is 2.25. The fourth-order valence-electron chi connectivity index (χ4n) is 4.32. The Morgan fingerprint density at radius 1 is 0.750 bits per heavy atom. The molecule has 1 aliphatic heterocycles. The molecule has 0 spiro atoms. The topological polar surface area (TPSA) is 18.5 Å². The van der Waals surface area contributed by atoms with Crippen LogP contribution in [0.2, 0.25) is 0 Å². The van der Waals surface area contributed by atoms with Gasteiger partial charge in [0.15, 0.2) is 0 Å². The van der Waals surface area contributed by atoms with Gasteiger partial charge in [-0.25, -0.2) is 0 Å². The van der Waals surface area contributed by atoms with Gasteiger partial charge in [-0.15, -0.1) is 0 Å². The van der Waals surface area contributed by atoms with Crippen LogP contribution in [-0.4, -0.2) is 13.2 Å². The van der Waals surface area contributed by atoms with Crippen molar-refractivity contribution in [3.05, 3.63) is 47.6 Å².